The van der Waals surface area contributed by atoms with Gasteiger partial charge < -0.3 is 9.32 Å². The van der Waals surface area contributed by atoms with Gasteiger partial charge in [-0.25, -0.2) is 15.0 Å². The normalized spacial score (nSPS) is 15.9. The molecule has 2 aliphatic rings. The maximum absolute atomic E-state index is 6.92. The van der Waals surface area contributed by atoms with Gasteiger partial charge in [0.05, 0.1) is 11.7 Å². The van der Waals surface area contributed by atoms with E-state index in [-0.39, 0.29) is 12.0 Å². The van der Waals surface area contributed by atoms with E-state index in [2.05, 4.69) is 144 Å². The van der Waals surface area contributed by atoms with Crippen LogP contribution in [0.1, 0.15) is 11.5 Å². The molecular formula is C51H32N4OS. The summed E-state index contributed by atoms with van der Waals surface area (Å²) in [6.45, 7) is 0. The van der Waals surface area contributed by atoms with Crippen molar-refractivity contribution in [1.82, 2.24) is 15.0 Å². The van der Waals surface area contributed by atoms with Crippen LogP contribution in [-0.2, 0) is 0 Å². The van der Waals surface area contributed by atoms with Crippen LogP contribution in [0, 0.1) is 0 Å². The molecule has 7 aromatic carbocycles. The molecule has 0 N–H and O–H groups in total. The van der Waals surface area contributed by atoms with Gasteiger partial charge in [0.1, 0.15) is 5.58 Å². The summed E-state index contributed by atoms with van der Waals surface area (Å²) in [4.78, 5) is 17.8. The van der Waals surface area contributed by atoms with E-state index in [1.807, 2.05) is 53.8 Å². The highest BCUT2D eigenvalue weighted by atomic mass is 32.1. The first-order chi connectivity index (χ1) is 28.3. The third-order valence-electron chi connectivity index (χ3n) is 11.5. The second-order valence-corrected chi connectivity index (χ2v) is 15.7. The minimum Gasteiger partial charge on any atom is -0.454 e. The minimum absolute atomic E-state index is 0.117. The minimum atomic E-state index is 0.117. The monoisotopic (exact) mass is 748 g/mol. The molecule has 0 spiro atoms. The standard InChI is InChI=1S/C51H32N4OS/c1-3-13-31(14-4-1)32-25-27-34(28-26-32)50-52-49(33-15-5-2-6-16-33)53-51(54-50)39-20-12-23-43-45(39)38-19-11-22-42(47(38)56-43)55-40-21-9-7-18-37(40)46-41(55)30-29-36-35-17-8-10-24-44(35)57-48(36)46/h1-30,37,40H. The number of para-hydroxylation sites is 1. The number of nitrogens with zero attached hydrogens (tertiary/aromatic N) is 4. The van der Waals surface area contributed by atoms with Crippen molar-refractivity contribution in [3.63, 3.8) is 0 Å². The zero-order valence-corrected chi connectivity index (χ0v) is 31.4. The lowest BCUT2D eigenvalue weighted by Gasteiger charge is -2.28. The molecule has 2 unspecified atom stereocenters. The number of hydrogen-bond acceptors (Lipinski definition) is 6. The fourth-order valence-corrected chi connectivity index (χ4v) is 10.2. The van der Waals surface area contributed by atoms with Gasteiger partial charge in [-0.2, -0.15) is 0 Å². The molecule has 3 aromatic heterocycles. The summed E-state index contributed by atoms with van der Waals surface area (Å²) in [6, 6.07) is 55.2. The smallest absolute Gasteiger partial charge is 0.164 e. The second kappa shape index (κ2) is 12.7. The number of allylic oxidation sites excluding steroid dienone is 2. The van der Waals surface area contributed by atoms with E-state index in [9.17, 15) is 0 Å². The predicted molar refractivity (Wildman–Crippen MR) is 235 cm³/mol. The highest BCUT2D eigenvalue weighted by Gasteiger charge is 2.40. The molecule has 0 saturated carbocycles. The predicted octanol–water partition coefficient (Wildman–Crippen LogP) is 13.5. The Hall–Kier alpha value is -7.15. The second-order valence-electron chi connectivity index (χ2n) is 14.7. The highest BCUT2D eigenvalue weighted by Crippen LogP contribution is 2.54. The Kier molecular flexibility index (Phi) is 7.16. The number of benzene rings is 7. The lowest BCUT2D eigenvalue weighted by atomic mass is 9.90. The summed E-state index contributed by atoms with van der Waals surface area (Å²) >= 11 is 1.90. The first kappa shape index (κ1) is 32.1. The van der Waals surface area contributed by atoms with Gasteiger partial charge in [0, 0.05) is 64.8 Å². The molecule has 1 aliphatic carbocycles. The van der Waals surface area contributed by atoms with Crippen molar-refractivity contribution >= 4 is 64.8 Å². The van der Waals surface area contributed by atoms with Crippen LogP contribution in [0.4, 0.5) is 11.4 Å². The van der Waals surface area contributed by atoms with E-state index in [1.165, 1.54) is 37.0 Å². The summed E-state index contributed by atoms with van der Waals surface area (Å²) in [7, 11) is 0. The topological polar surface area (TPSA) is 55.1 Å². The Morgan fingerprint density at radius 1 is 0.491 bits per heavy atom. The van der Waals surface area contributed by atoms with E-state index in [4.69, 9.17) is 19.4 Å². The summed E-state index contributed by atoms with van der Waals surface area (Å²) in [6.07, 6.45) is 9.07. The van der Waals surface area contributed by atoms with Gasteiger partial charge in [0.25, 0.3) is 0 Å². The molecule has 0 amide bonds. The largest absolute Gasteiger partial charge is 0.454 e. The molecule has 1 aliphatic heterocycles. The number of aromatic nitrogens is 3. The zero-order chi connectivity index (χ0) is 37.5. The number of anilines is 2. The van der Waals surface area contributed by atoms with Crippen LogP contribution < -0.4 is 4.90 Å². The van der Waals surface area contributed by atoms with Gasteiger partial charge in [0.15, 0.2) is 23.1 Å². The van der Waals surface area contributed by atoms with Crippen molar-refractivity contribution in [3.8, 4) is 45.3 Å². The molecule has 6 heteroatoms. The lowest BCUT2D eigenvalue weighted by molar-refractivity contribution is 0.664. The number of furan rings is 1. The average Bonchev–Trinajstić information content (AvgIpc) is 3.97. The third-order valence-corrected chi connectivity index (χ3v) is 12.7. The number of hydrogen-bond donors (Lipinski definition) is 0. The first-order valence-corrected chi connectivity index (χ1v) is 20.1. The fraction of sp³-hybridized carbons (Fsp3) is 0.0392. The molecule has 0 fully saturated rings. The molecule has 5 nitrogen and oxygen atoms in total. The SMILES string of the molecule is C1=CC2c3c(ccc4c3sc3ccccc34)N(c3cccc4c3oc3cccc(-c5nc(-c6ccccc6)nc(-c6ccc(-c7ccccc7)cc6)n5)c34)C2C=C1. The molecule has 0 radical (unpaired) electrons. The maximum Gasteiger partial charge on any atom is 0.164 e. The number of fused-ring (bicyclic) bond motifs is 10. The highest BCUT2D eigenvalue weighted by molar-refractivity contribution is 7.26. The van der Waals surface area contributed by atoms with Crippen LogP contribution in [0.25, 0.3) is 87.4 Å². The molecule has 0 saturated heterocycles. The van der Waals surface area contributed by atoms with Gasteiger partial charge in [0.2, 0.25) is 0 Å². The van der Waals surface area contributed by atoms with Crippen LogP contribution in [-0.4, -0.2) is 21.0 Å². The van der Waals surface area contributed by atoms with Gasteiger partial charge in [-0.1, -0.05) is 158 Å². The number of thiophene rings is 1. The van der Waals surface area contributed by atoms with E-state index in [0.29, 0.717) is 17.5 Å². The molecule has 10 aromatic rings. The van der Waals surface area contributed by atoms with Crippen molar-refractivity contribution in [2.45, 2.75) is 12.0 Å². The maximum atomic E-state index is 6.92. The Bertz CT molecular complexity index is 3250. The Labute approximate surface area is 332 Å². The van der Waals surface area contributed by atoms with Crippen LogP contribution >= 0.6 is 11.3 Å². The molecule has 2 atom stereocenters. The van der Waals surface area contributed by atoms with E-state index in [0.717, 1.165) is 49.9 Å². The van der Waals surface area contributed by atoms with Crippen molar-refractivity contribution < 1.29 is 4.42 Å². The van der Waals surface area contributed by atoms with Crippen LogP contribution in [0.15, 0.2) is 186 Å². The molecule has 57 heavy (non-hydrogen) atoms. The lowest BCUT2D eigenvalue weighted by Crippen LogP contribution is -2.28. The zero-order valence-electron chi connectivity index (χ0n) is 30.6. The van der Waals surface area contributed by atoms with Crippen LogP contribution in [0.3, 0.4) is 0 Å². The summed E-state index contributed by atoms with van der Waals surface area (Å²) in [5, 5.41) is 4.65. The van der Waals surface area contributed by atoms with Crippen molar-refractivity contribution in [2.75, 3.05) is 4.90 Å². The molecular weight excluding hydrogens is 717 g/mol. The van der Waals surface area contributed by atoms with Crippen molar-refractivity contribution in [1.29, 1.82) is 0 Å². The third kappa shape index (κ3) is 5.04. The molecule has 12 rings (SSSR count). The Morgan fingerprint density at radius 3 is 1.96 bits per heavy atom. The Balaban J connectivity index is 1.03. The van der Waals surface area contributed by atoms with Gasteiger partial charge in [-0.15, -0.1) is 11.3 Å². The van der Waals surface area contributed by atoms with E-state index < -0.39 is 0 Å². The molecule has 0 bridgehead atoms. The molecule has 4 heterocycles. The van der Waals surface area contributed by atoms with Crippen LogP contribution in [0.2, 0.25) is 0 Å². The van der Waals surface area contributed by atoms with Gasteiger partial charge in [-0.05, 0) is 35.4 Å². The van der Waals surface area contributed by atoms with Crippen molar-refractivity contribution in [3.05, 3.63) is 188 Å². The Morgan fingerprint density at radius 2 is 1.14 bits per heavy atom. The quantitative estimate of drug-likeness (QED) is 0.175. The summed E-state index contributed by atoms with van der Waals surface area (Å²) in [5.41, 5.74) is 10.4. The van der Waals surface area contributed by atoms with Crippen LogP contribution in [0.5, 0.6) is 0 Å². The number of rotatable bonds is 5. The molecule has 268 valence electrons. The summed E-state index contributed by atoms with van der Waals surface area (Å²) in [5.74, 6) is 2.06. The fourth-order valence-electron chi connectivity index (χ4n) is 8.88. The van der Waals surface area contributed by atoms with E-state index in [1.54, 1.807) is 0 Å². The average molecular weight is 749 g/mol. The summed E-state index contributed by atoms with van der Waals surface area (Å²) < 4.78 is 9.60. The van der Waals surface area contributed by atoms with Gasteiger partial charge in [-0.3, -0.25) is 0 Å². The first-order valence-electron chi connectivity index (χ1n) is 19.3. The van der Waals surface area contributed by atoms with Crippen molar-refractivity contribution in [2.24, 2.45) is 0 Å². The van der Waals surface area contributed by atoms with E-state index >= 15 is 0 Å². The van der Waals surface area contributed by atoms with Gasteiger partial charge >= 0.3 is 0 Å².